The number of fused-ring (bicyclic) bond motifs is 1. The smallest absolute Gasteiger partial charge is 0.320 e. The van der Waals surface area contributed by atoms with Crippen molar-refractivity contribution in [3.8, 4) is 0 Å². The first-order chi connectivity index (χ1) is 7.59. The zero-order valence-electron chi connectivity index (χ0n) is 8.60. The molecule has 0 unspecified atom stereocenters. The summed E-state index contributed by atoms with van der Waals surface area (Å²) in [6, 6.07) is 6.62. The van der Waals surface area contributed by atoms with Crippen LogP contribution < -0.4 is 11.5 Å². The number of carboxylic acids is 1. The standard InChI is InChI=1S/C11H13N3O2/c12-8(11(15)16)5-7-6-3-1-2-4-9(6)14-10(7)13/h1-4,8,14H,5,12-13H2,(H,15,16)/t8-/m1/s1. The van der Waals surface area contributed by atoms with Gasteiger partial charge in [-0.2, -0.15) is 0 Å². The lowest BCUT2D eigenvalue weighted by Crippen LogP contribution is -2.32. The first-order valence-corrected chi connectivity index (χ1v) is 4.93. The number of rotatable bonds is 3. The summed E-state index contributed by atoms with van der Waals surface area (Å²) in [5.74, 6) is -0.539. The number of aromatic nitrogens is 1. The number of anilines is 1. The molecule has 0 amide bonds. The Hall–Kier alpha value is -2.01. The summed E-state index contributed by atoms with van der Waals surface area (Å²) in [5, 5.41) is 9.70. The Bertz CT molecular complexity index is 533. The first kappa shape index (κ1) is 10.5. The fourth-order valence-corrected chi connectivity index (χ4v) is 1.75. The molecule has 0 saturated carbocycles. The van der Waals surface area contributed by atoms with Gasteiger partial charge in [0.25, 0.3) is 0 Å². The van der Waals surface area contributed by atoms with Crippen molar-refractivity contribution < 1.29 is 9.90 Å². The highest BCUT2D eigenvalue weighted by atomic mass is 16.4. The second kappa shape index (κ2) is 3.86. The molecule has 84 valence electrons. The second-order valence-corrected chi connectivity index (χ2v) is 3.71. The van der Waals surface area contributed by atoms with Crippen LogP contribution in [0, 0.1) is 0 Å². The van der Waals surface area contributed by atoms with E-state index in [1.807, 2.05) is 24.3 Å². The van der Waals surface area contributed by atoms with Gasteiger partial charge in [-0.05, 0) is 6.07 Å². The quantitative estimate of drug-likeness (QED) is 0.609. The van der Waals surface area contributed by atoms with Crippen LogP contribution in [-0.4, -0.2) is 22.1 Å². The lowest BCUT2D eigenvalue weighted by Gasteiger charge is -2.05. The van der Waals surface area contributed by atoms with Crippen molar-refractivity contribution in [2.45, 2.75) is 12.5 Å². The van der Waals surface area contributed by atoms with Crippen LogP contribution in [0.2, 0.25) is 0 Å². The summed E-state index contributed by atoms with van der Waals surface area (Å²) >= 11 is 0. The number of nitrogens with two attached hydrogens (primary N) is 2. The van der Waals surface area contributed by atoms with E-state index in [0.29, 0.717) is 5.82 Å². The number of carboxylic acid groups (broad SMARTS) is 1. The maximum absolute atomic E-state index is 10.7. The third-order valence-corrected chi connectivity index (χ3v) is 2.59. The number of H-pyrrole nitrogens is 1. The number of aliphatic carboxylic acids is 1. The number of nitrogens with one attached hydrogen (secondary N) is 1. The molecule has 0 bridgehead atoms. The van der Waals surface area contributed by atoms with Crippen LogP contribution in [0.1, 0.15) is 5.56 Å². The SMILES string of the molecule is Nc1[nH]c2ccccc2c1C[C@@H](N)C(=O)O. The number of hydrogen-bond donors (Lipinski definition) is 4. The summed E-state index contributed by atoms with van der Waals surface area (Å²) in [6.45, 7) is 0. The molecule has 0 fully saturated rings. The zero-order valence-corrected chi connectivity index (χ0v) is 8.60. The van der Waals surface area contributed by atoms with E-state index in [1.165, 1.54) is 0 Å². The number of hydrogen-bond acceptors (Lipinski definition) is 3. The van der Waals surface area contributed by atoms with Crippen LogP contribution in [0.5, 0.6) is 0 Å². The molecule has 5 heteroatoms. The van der Waals surface area contributed by atoms with Gasteiger partial charge in [-0.15, -0.1) is 0 Å². The Labute approximate surface area is 92.1 Å². The minimum atomic E-state index is -1.02. The minimum absolute atomic E-state index is 0.227. The lowest BCUT2D eigenvalue weighted by molar-refractivity contribution is -0.138. The van der Waals surface area contributed by atoms with Crippen molar-refractivity contribution in [1.29, 1.82) is 0 Å². The number of para-hydroxylation sites is 1. The molecule has 5 nitrogen and oxygen atoms in total. The average Bonchev–Trinajstić information content (AvgIpc) is 2.55. The van der Waals surface area contributed by atoms with Gasteiger partial charge >= 0.3 is 5.97 Å². The van der Waals surface area contributed by atoms with Crippen LogP contribution >= 0.6 is 0 Å². The van der Waals surface area contributed by atoms with Crippen molar-refractivity contribution in [3.05, 3.63) is 29.8 Å². The Morgan fingerprint density at radius 2 is 2.12 bits per heavy atom. The van der Waals surface area contributed by atoms with E-state index in [1.54, 1.807) is 0 Å². The molecule has 6 N–H and O–H groups in total. The summed E-state index contributed by atoms with van der Waals surface area (Å²) < 4.78 is 0. The number of nitrogen functional groups attached to an aromatic ring is 1. The van der Waals surface area contributed by atoms with Crippen molar-refractivity contribution in [2.24, 2.45) is 5.73 Å². The molecule has 2 aromatic rings. The molecule has 2 rings (SSSR count). The van der Waals surface area contributed by atoms with Gasteiger partial charge < -0.3 is 21.6 Å². The molecule has 1 atom stereocenters. The molecule has 0 spiro atoms. The van der Waals surface area contributed by atoms with E-state index >= 15 is 0 Å². The van der Waals surface area contributed by atoms with Gasteiger partial charge in [0.1, 0.15) is 11.9 Å². The highest BCUT2D eigenvalue weighted by molar-refractivity contribution is 5.89. The lowest BCUT2D eigenvalue weighted by atomic mass is 10.0. The summed E-state index contributed by atoms with van der Waals surface area (Å²) in [7, 11) is 0. The topological polar surface area (TPSA) is 105 Å². The van der Waals surface area contributed by atoms with Crippen molar-refractivity contribution >= 4 is 22.7 Å². The number of carbonyl (C=O) groups is 1. The van der Waals surface area contributed by atoms with Crippen LogP contribution in [0.3, 0.4) is 0 Å². The van der Waals surface area contributed by atoms with E-state index in [9.17, 15) is 4.79 Å². The predicted molar refractivity (Wildman–Crippen MR) is 62.0 cm³/mol. The molecule has 0 aliphatic heterocycles. The Kier molecular flexibility index (Phi) is 2.54. The van der Waals surface area contributed by atoms with E-state index in [-0.39, 0.29) is 6.42 Å². The van der Waals surface area contributed by atoms with Crippen LogP contribution in [0.25, 0.3) is 10.9 Å². The summed E-state index contributed by atoms with van der Waals surface area (Å²) in [5.41, 5.74) is 13.0. The summed E-state index contributed by atoms with van der Waals surface area (Å²) in [6.07, 6.45) is 0.227. The number of aromatic amines is 1. The van der Waals surface area contributed by atoms with Gasteiger partial charge in [-0.25, -0.2) is 0 Å². The van der Waals surface area contributed by atoms with E-state index < -0.39 is 12.0 Å². The van der Waals surface area contributed by atoms with E-state index in [0.717, 1.165) is 16.5 Å². The molecular formula is C11H13N3O2. The van der Waals surface area contributed by atoms with Gasteiger partial charge in [0.2, 0.25) is 0 Å². The van der Waals surface area contributed by atoms with Crippen molar-refractivity contribution in [3.63, 3.8) is 0 Å². The van der Waals surface area contributed by atoms with Crippen LogP contribution in [-0.2, 0) is 11.2 Å². The number of benzene rings is 1. The zero-order chi connectivity index (χ0) is 11.7. The van der Waals surface area contributed by atoms with E-state index in [4.69, 9.17) is 16.6 Å². The van der Waals surface area contributed by atoms with Crippen LogP contribution in [0.4, 0.5) is 5.82 Å². The second-order valence-electron chi connectivity index (χ2n) is 3.71. The van der Waals surface area contributed by atoms with Crippen LogP contribution in [0.15, 0.2) is 24.3 Å². The van der Waals surface area contributed by atoms with Crippen molar-refractivity contribution in [2.75, 3.05) is 5.73 Å². The third kappa shape index (κ3) is 1.72. The average molecular weight is 219 g/mol. The maximum atomic E-state index is 10.7. The highest BCUT2D eigenvalue weighted by Crippen LogP contribution is 2.24. The predicted octanol–water partition coefficient (Wildman–Crippen LogP) is 0.704. The fourth-order valence-electron chi connectivity index (χ4n) is 1.75. The molecule has 16 heavy (non-hydrogen) atoms. The Balaban J connectivity index is 2.43. The molecule has 1 aromatic carbocycles. The molecule has 0 aliphatic rings. The molecule has 0 saturated heterocycles. The van der Waals surface area contributed by atoms with Gasteiger partial charge in [0, 0.05) is 22.9 Å². The van der Waals surface area contributed by atoms with E-state index in [2.05, 4.69) is 4.98 Å². The summed E-state index contributed by atoms with van der Waals surface area (Å²) in [4.78, 5) is 13.7. The monoisotopic (exact) mass is 219 g/mol. The molecule has 0 radical (unpaired) electrons. The van der Waals surface area contributed by atoms with Gasteiger partial charge in [-0.1, -0.05) is 18.2 Å². The Morgan fingerprint density at radius 1 is 1.44 bits per heavy atom. The third-order valence-electron chi connectivity index (χ3n) is 2.59. The fraction of sp³-hybridized carbons (Fsp3) is 0.182. The molecule has 0 aliphatic carbocycles. The van der Waals surface area contributed by atoms with Gasteiger partial charge in [0.05, 0.1) is 0 Å². The molecule has 1 aromatic heterocycles. The first-order valence-electron chi connectivity index (χ1n) is 4.93. The van der Waals surface area contributed by atoms with Gasteiger partial charge in [0.15, 0.2) is 0 Å². The Morgan fingerprint density at radius 3 is 2.81 bits per heavy atom. The highest BCUT2D eigenvalue weighted by Gasteiger charge is 2.17. The molecule has 1 heterocycles. The normalized spacial score (nSPS) is 12.8. The maximum Gasteiger partial charge on any atom is 0.320 e. The molecular weight excluding hydrogens is 206 g/mol. The van der Waals surface area contributed by atoms with Crippen molar-refractivity contribution in [1.82, 2.24) is 4.98 Å². The minimum Gasteiger partial charge on any atom is -0.480 e. The largest absolute Gasteiger partial charge is 0.480 e. The van der Waals surface area contributed by atoms with Gasteiger partial charge in [-0.3, -0.25) is 4.79 Å².